The summed E-state index contributed by atoms with van der Waals surface area (Å²) in [6.07, 6.45) is 10.2. The lowest BCUT2D eigenvalue weighted by atomic mass is 10.2. The Bertz CT molecular complexity index is 734. The van der Waals surface area contributed by atoms with E-state index in [1.54, 1.807) is 17.4 Å². The number of hydrogen-bond acceptors (Lipinski definition) is 4. The number of thiophene rings is 1. The summed E-state index contributed by atoms with van der Waals surface area (Å²) in [5.41, 5.74) is 0. The van der Waals surface area contributed by atoms with Gasteiger partial charge in [0.05, 0.1) is 6.04 Å². The summed E-state index contributed by atoms with van der Waals surface area (Å²) >= 11 is 1.64. The monoisotopic (exact) mass is 342 g/mol. The second-order valence-corrected chi connectivity index (χ2v) is 7.45. The normalized spacial score (nSPS) is 21.2. The van der Waals surface area contributed by atoms with Gasteiger partial charge in [-0.3, -0.25) is 4.79 Å². The van der Waals surface area contributed by atoms with Crippen LogP contribution in [0.25, 0.3) is 6.08 Å². The van der Waals surface area contributed by atoms with Gasteiger partial charge in [0.25, 0.3) is 0 Å². The molecule has 0 N–H and O–H groups in total. The van der Waals surface area contributed by atoms with Crippen molar-refractivity contribution in [2.45, 2.75) is 51.1 Å². The van der Waals surface area contributed by atoms with E-state index in [9.17, 15) is 4.79 Å². The van der Waals surface area contributed by atoms with Crippen molar-refractivity contribution >= 4 is 23.3 Å². The number of aryl methyl sites for hydroxylation is 1. The number of nitrogens with zero attached hydrogens (tertiary/aromatic N) is 4. The van der Waals surface area contributed by atoms with Gasteiger partial charge in [0.2, 0.25) is 5.91 Å². The zero-order valence-corrected chi connectivity index (χ0v) is 14.5. The lowest BCUT2D eigenvalue weighted by Crippen LogP contribution is -2.30. The summed E-state index contributed by atoms with van der Waals surface area (Å²) in [6.45, 7) is 1.79. The Hall–Kier alpha value is -1.95. The lowest BCUT2D eigenvalue weighted by Gasteiger charge is -2.23. The molecule has 2 aromatic heterocycles. The maximum absolute atomic E-state index is 12.7. The molecule has 4 rings (SSSR count). The fourth-order valence-electron chi connectivity index (χ4n) is 3.69. The van der Waals surface area contributed by atoms with Crippen LogP contribution in [0, 0.1) is 0 Å². The molecule has 2 aromatic rings. The Labute approximate surface area is 146 Å². The highest BCUT2D eigenvalue weighted by Crippen LogP contribution is 2.32. The first-order chi connectivity index (χ1) is 11.8. The molecule has 0 bridgehead atoms. The number of likely N-dealkylation sites (tertiary alicyclic amines) is 1. The molecule has 5 nitrogen and oxygen atoms in total. The summed E-state index contributed by atoms with van der Waals surface area (Å²) in [4.78, 5) is 15.7. The van der Waals surface area contributed by atoms with E-state index in [4.69, 9.17) is 0 Å². The second kappa shape index (κ2) is 6.89. The molecule has 1 saturated heterocycles. The molecule has 0 unspecified atom stereocenters. The van der Waals surface area contributed by atoms with Crippen LogP contribution >= 0.6 is 11.3 Å². The Morgan fingerprint density at radius 3 is 3.04 bits per heavy atom. The quantitative estimate of drug-likeness (QED) is 0.803. The smallest absolute Gasteiger partial charge is 0.247 e. The van der Waals surface area contributed by atoms with Crippen molar-refractivity contribution < 1.29 is 4.79 Å². The molecule has 1 atom stereocenters. The first-order valence-corrected chi connectivity index (χ1v) is 9.65. The van der Waals surface area contributed by atoms with Gasteiger partial charge in [0.15, 0.2) is 5.82 Å². The van der Waals surface area contributed by atoms with Gasteiger partial charge in [-0.2, -0.15) is 0 Å². The molecule has 0 aliphatic carbocycles. The second-order valence-electron chi connectivity index (χ2n) is 6.48. The van der Waals surface area contributed by atoms with Gasteiger partial charge in [-0.15, -0.1) is 21.5 Å². The first-order valence-electron chi connectivity index (χ1n) is 8.77. The van der Waals surface area contributed by atoms with Gasteiger partial charge >= 0.3 is 0 Å². The highest BCUT2D eigenvalue weighted by atomic mass is 32.1. The van der Waals surface area contributed by atoms with Crippen LogP contribution in [0.5, 0.6) is 0 Å². The zero-order chi connectivity index (χ0) is 16.4. The Morgan fingerprint density at radius 1 is 1.21 bits per heavy atom. The summed E-state index contributed by atoms with van der Waals surface area (Å²) in [6, 6.07) is 4.10. The van der Waals surface area contributed by atoms with Crippen LogP contribution in [0.2, 0.25) is 0 Å². The minimum atomic E-state index is 0.0739. The van der Waals surface area contributed by atoms with E-state index in [0.29, 0.717) is 0 Å². The molecule has 4 heterocycles. The number of carbonyl (C=O) groups is 1. The number of hydrogen-bond donors (Lipinski definition) is 0. The van der Waals surface area contributed by atoms with E-state index in [0.717, 1.165) is 48.9 Å². The van der Waals surface area contributed by atoms with Crippen molar-refractivity contribution in [3.63, 3.8) is 0 Å². The molecule has 0 aromatic carbocycles. The minimum absolute atomic E-state index is 0.0739. The van der Waals surface area contributed by atoms with Crippen molar-refractivity contribution in [1.29, 1.82) is 0 Å². The van der Waals surface area contributed by atoms with Crippen molar-refractivity contribution in [1.82, 2.24) is 19.7 Å². The maximum atomic E-state index is 12.7. The third-order valence-corrected chi connectivity index (χ3v) is 5.74. The molecular formula is C18H22N4OS. The number of rotatable bonds is 3. The molecular weight excluding hydrogens is 320 g/mol. The van der Waals surface area contributed by atoms with Crippen LogP contribution in [0.3, 0.4) is 0 Å². The van der Waals surface area contributed by atoms with E-state index in [1.165, 1.54) is 19.3 Å². The molecule has 24 heavy (non-hydrogen) atoms. The topological polar surface area (TPSA) is 51.0 Å². The highest BCUT2D eigenvalue weighted by Gasteiger charge is 2.33. The number of aromatic nitrogens is 3. The average molecular weight is 342 g/mol. The van der Waals surface area contributed by atoms with Crippen LogP contribution < -0.4 is 0 Å². The molecule has 0 saturated carbocycles. The molecule has 1 fully saturated rings. The van der Waals surface area contributed by atoms with E-state index in [1.807, 2.05) is 28.5 Å². The van der Waals surface area contributed by atoms with Crippen LogP contribution in [-0.2, 0) is 17.8 Å². The van der Waals surface area contributed by atoms with Crippen molar-refractivity contribution in [3.8, 4) is 0 Å². The molecule has 0 spiro atoms. The van der Waals surface area contributed by atoms with E-state index >= 15 is 0 Å². The van der Waals surface area contributed by atoms with Gasteiger partial charge < -0.3 is 9.47 Å². The average Bonchev–Trinajstić information content (AvgIpc) is 3.31. The molecule has 1 amide bonds. The van der Waals surface area contributed by atoms with Gasteiger partial charge in [0, 0.05) is 30.5 Å². The number of amides is 1. The van der Waals surface area contributed by atoms with Crippen LogP contribution in [0.1, 0.15) is 54.7 Å². The van der Waals surface area contributed by atoms with Crippen molar-refractivity contribution in [3.05, 3.63) is 40.1 Å². The Balaban J connectivity index is 1.55. The van der Waals surface area contributed by atoms with E-state index in [2.05, 4.69) is 14.8 Å². The van der Waals surface area contributed by atoms with E-state index < -0.39 is 0 Å². The largest absolute Gasteiger partial charge is 0.329 e. The molecule has 6 heteroatoms. The predicted molar refractivity (Wildman–Crippen MR) is 94.6 cm³/mol. The summed E-state index contributed by atoms with van der Waals surface area (Å²) in [5, 5.41) is 10.9. The Morgan fingerprint density at radius 2 is 2.17 bits per heavy atom. The molecule has 126 valence electrons. The predicted octanol–water partition coefficient (Wildman–Crippen LogP) is 3.44. The molecule has 2 aliphatic rings. The lowest BCUT2D eigenvalue weighted by molar-refractivity contribution is -0.127. The molecule has 2 aliphatic heterocycles. The fourth-order valence-corrected chi connectivity index (χ4v) is 4.31. The Kier molecular flexibility index (Phi) is 4.47. The fraction of sp³-hybridized carbons (Fsp3) is 0.500. The summed E-state index contributed by atoms with van der Waals surface area (Å²) in [5.74, 6) is 2.16. The van der Waals surface area contributed by atoms with Crippen LogP contribution in [-0.4, -0.2) is 32.1 Å². The van der Waals surface area contributed by atoms with Crippen LogP contribution in [0.15, 0.2) is 23.6 Å². The van der Waals surface area contributed by atoms with Crippen molar-refractivity contribution in [2.24, 2.45) is 0 Å². The minimum Gasteiger partial charge on any atom is -0.329 e. The van der Waals surface area contributed by atoms with Gasteiger partial charge in [-0.25, -0.2) is 0 Å². The third kappa shape index (κ3) is 3.02. The highest BCUT2D eigenvalue weighted by molar-refractivity contribution is 7.10. The van der Waals surface area contributed by atoms with Gasteiger partial charge in [-0.1, -0.05) is 12.5 Å². The number of fused-ring (bicyclic) bond motifs is 1. The molecule has 0 radical (unpaired) electrons. The van der Waals surface area contributed by atoms with Crippen LogP contribution in [0.4, 0.5) is 0 Å². The van der Waals surface area contributed by atoms with Gasteiger partial charge in [-0.05, 0) is 43.2 Å². The summed E-state index contributed by atoms with van der Waals surface area (Å²) < 4.78 is 2.27. The first kappa shape index (κ1) is 15.6. The third-order valence-electron chi connectivity index (χ3n) is 4.91. The zero-order valence-electron chi connectivity index (χ0n) is 13.7. The maximum Gasteiger partial charge on any atom is 0.247 e. The summed E-state index contributed by atoms with van der Waals surface area (Å²) in [7, 11) is 0. The van der Waals surface area contributed by atoms with Gasteiger partial charge in [0.1, 0.15) is 5.82 Å². The van der Waals surface area contributed by atoms with Crippen molar-refractivity contribution in [2.75, 3.05) is 6.54 Å². The number of carbonyl (C=O) groups excluding carboxylic acids is 1. The standard InChI is InChI=1S/C18H22N4OS/c23-17(10-9-14-6-5-13-24-14)21-12-4-7-15(21)18-20-19-16-8-2-1-3-11-22(16)18/h5-6,9-10,13,15H,1-4,7-8,11-12H2/b10-9-/t15-/m0/s1. The SMILES string of the molecule is O=C(/C=C\c1cccs1)N1CCC[C@H]1c1nnc2n1CCCCC2. The van der Waals surface area contributed by atoms with E-state index in [-0.39, 0.29) is 11.9 Å².